The van der Waals surface area contributed by atoms with Crippen LogP contribution < -0.4 is 15.8 Å². The van der Waals surface area contributed by atoms with Crippen molar-refractivity contribution in [1.82, 2.24) is 9.97 Å². The van der Waals surface area contributed by atoms with Gasteiger partial charge in [0.15, 0.2) is 0 Å². The fourth-order valence-corrected chi connectivity index (χ4v) is 1.67. The number of nitrogens with one attached hydrogen (secondary N) is 1. The van der Waals surface area contributed by atoms with E-state index in [1.165, 1.54) is 18.5 Å². The molecule has 1 heterocycles. The summed E-state index contributed by atoms with van der Waals surface area (Å²) in [5, 5.41) is 3.36. The Hall–Kier alpha value is -2.08. The van der Waals surface area contributed by atoms with Gasteiger partial charge in [0.05, 0.1) is 6.61 Å². The van der Waals surface area contributed by atoms with Crippen LogP contribution in [0.25, 0.3) is 0 Å². The highest BCUT2D eigenvalue weighted by atomic mass is 35.5. The van der Waals surface area contributed by atoms with E-state index in [0.717, 1.165) is 6.42 Å². The Morgan fingerprint density at radius 1 is 1.25 bits per heavy atom. The second kappa shape index (κ2) is 6.91. The zero-order chi connectivity index (χ0) is 14.4. The van der Waals surface area contributed by atoms with E-state index in [9.17, 15) is 4.39 Å². The highest BCUT2D eigenvalue weighted by Crippen LogP contribution is 2.22. The largest absolute Gasteiger partial charge is 0.494 e. The number of nitrogens with zero attached hydrogens (tertiary/aromatic N) is 2. The number of benzene rings is 1. The monoisotopic (exact) mass is 296 g/mol. The van der Waals surface area contributed by atoms with Crippen LogP contribution in [0, 0.1) is 5.82 Å². The topological polar surface area (TPSA) is 73.1 Å². The molecular formula is C13H14ClFN4O. The summed E-state index contributed by atoms with van der Waals surface area (Å²) in [6.45, 7) is 1.12. The predicted octanol–water partition coefficient (Wildman–Crippen LogP) is 2.73. The summed E-state index contributed by atoms with van der Waals surface area (Å²) < 4.78 is 18.1. The lowest BCUT2D eigenvalue weighted by molar-refractivity contribution is 0.314. The van der Waals surface area contributed by atoms with E-state index >= 15 is 0 Å². The molecule has 0 aliphatic heterocycles. The molecule has 0 amide bonds. The Balaban J connectivity index is 1.71. The zero-order valence-electron chi connectivity index (χ0n) is 10.6. The van der Waals surface area contributed by atoms with Crippen molar-refractivity contribution < 1.29 is 9.13 Å². The van der Waals surface area contributed by atoms with E-state index in [2.05, 4.69) is 15.3 Å². The SMILES string of the molecule is Nc1ncnc(NCCCOc2ccc(F)cc2)c1Cl. The average molecular weight is 297 g/mol. The lowest BCUT2D eigenvalue weighted by Crippen LogP contribution is -2.09. The minimum atomic E-state index is -0.282. The van der Waals surface area contributed by atoms with E-state index in [4.69, 9.17) is 22.1 Å². The van der Waals surface area contributed by atoms with Crippen LogP contribution in [0.15, 0.2) is 30.6 Å². The van der Waals surface area contributed by atoms with Crippen molar-refractivity contribution in [2.24, 2.45) is 0 Å². The molecule has 0 saturated heterocycles. The van der Waals surface area contributed by atoms with Crippen molar-refractivity contribution in [3.05, 3.63) is 41.4 Å². The average Bonchev–Trinajstić information content (AvgIpc) is 2.45. The van der Waals surface area contributed by atoms with E-state index in [1.807, 2.05) is 0 Å². The molecule has 7 heteroatoms. The lowest BCUT2D eigenvalue weighted by Gasteiger charge is -2.09. The van der Waals surface area contributed by atoms with Gasteiger partial charge in [-0.05, 0) is 30.7 Å². The number of nitrogens with two attached hydrogens (primary N) is 1. The van der Waals surface area contributed by atoms with Gasteiger partial charge in [-0.2, -0.15) is 0 Å². The first-order valence-corrected chi connectivity index (χ1v) is 6.43. The quantitative estimate of drug-likeness (QED) is 0.802. The van der Waals surface area contributed by atoms with Crippen molar-refractivity contribution in [1.29, 1.82) is 0 Å². The molecule has 0 bridgehead atoms. The molecule has 0 radical (unpaired) electrons. The lowest BCUT2D eigenvalue weighted by atomic mass is 10.3. The van der Waals surface area contributed by atoms with Gasteiger partial charge in [-0.3, -0.25) is 0 Å². The summed E-state index contributed by atoms with van der Waals surface area (Å²) in [6, 6.07) is 5.89. The molecule has 0 fully saturated rings. The Morgan fingerprint density at radius 3 is 2.75 bits per heavy atom. The van der Waals surface area contributed by atoms with Crippen LogP contribution in [0.5, 0.6) is 5.75 Å². The van der Waals surface area contributed by atoms with Crippen LogP contribution in [0.1, 0.15) is 6.42 Å². The number of nitrogen functional groups attached to an aromatic ring is 1. The third-order valence-corrected chi connectivity index (χ3v) is 2.88. The Labute approximate surface area is 120 Å². The van der Waals surface area contributed by atoms with Gasteiger partial charge in [0.25, 0.3) is 0 Å². The molecule has 3 N–H and O–H groups in total. The van der Waals surface area contributed by atoms with Crippen LogP contribution in [0.4, 0.5) is 16.0 Å². The highest BCUT2D eigenvalue weighted by Gasteiger charge is 2.05. The van der Waals surface area contributed by atoms with Gasteiger partial charge in [0, 0.05) is 6.54 Å². The minimum Gasteiger partial charge on any atom is -0.494 e. The Bertz CT molecular complexity index is 565. The number of aromatic nitrogens is 2. The Kier molecular flexibility index (Phi) is 4.95. The standard InChI is InChI=1S/C13H14ClFN4O/c14-11-12(16)18-8-19-13(11)17-6-1-7-20-10-4-2-9(15)3-5-10/h2-5,8H,1,6-7H2,(H3,16,17,18,19). The first-order chi connectivity index (χ1) is 9.66. The van der Waals surface area contributed by atoms with E-state index in [0.29, 0.717) is 29.7 Å². The van der Waals surface area contributed by atoms with Crippen molar-refractivity contribution in [3.8, 4) is 5.75 Å². The summed E-state index contributed by atoms with van der Waals surface area (Å²) in [5.74, 6) is 1.10. The molecule has 1 aromatic carbocycles. The summed E-state index contributed by atoms with van der Waals surface area (Å²) in [6.07, 6.45) is 2.08. The van der Waals surface area contributed by atoms with Gasteiger partial charge in [-0.15, -0.1) is 0 Å². The summed E-state index contributed by atoms with van der Waals surface area (Å²) >= 11 is 5.94. The molecular weight excluding hydrogens is 283 g/mol. The predicted molar refractivity (Wildman–Crippen MR) is 76.5 cm³/mol. The third kappa shape index (κ3) is 3.96. The Morgan fingerprint density at radius 2 is 2.00 bits per heavy atom. The second-order valence-electron chi connectivity index (χ2n) is 4.00. The molecule has 2 rings (SSSR count). The molecule has 0 aliphatic rings. The molecule has 0 unspecified atom stereocenters. The first kappa shape index (κ1) is 14.3. The molecule has 2 aromatic rings. The molecule has 0 saturated carbocycles. The van der Waals surface area contributed by atoms with Crippen LogP contribution >= 0.6 is 11.6 Å². The number of halogens is 2. The second-order valence-corrected chi connectivity index (χ2v) is 4.38. The van der Waals surface area contributed by atoms with Gasteiger partial charge < -0.3 is 15.8 Å². The molecule has 0 aliphatic carbocycles. The van der Waals surface area contributed by atoms with E-state index in [-0.39, 0.29) is 11.6 Å². The van der Waals surface area contributed by atoms with Gasteiger partial charge in [-0.1, -0.05) is 11.6 Å². The van der Waals surface area contributed by atoms with Gasteiger partial charge in [0.2, 0.25) is 0 Å². The molecule has 5 nitrogen and oxygen atoms in total. The minimum absolute atomic E-state index is 0.242. The highest BCUT2D eigenvalue weighted by molar-refractivity contribution is 6.35. The van der Waals surface area contributed by atoms with Crippen LogP contribution in [-0.4, -0.2) is 23.1 Å². The van der Waals surface area contributed by atoms with E-state index in [1.54, 1.807) is 12.1 Å². The fourth-order valence-electron chi connectivity index (χ4n) is 1.51. The fraction of sp³-hybridized carbons (Fsp3) is 0.231. The van der Waals surface area contributed by atoms with Crippen molar-refractivity contribution >= 4 is 23.2 Å². The number of hydrogen-bond acceptors (Lipinski definition) is 5. The number of ether oxygens (including phenoxy) is 1. The molecule has 20 heavy (non-hydrogen) atoms. The van der Waals surface area contributed by atoms with Crippen molar-refractivity contribution in [3.63, 3.8) is 0 Å². The first-order valence-electron chi connectivity index (χ1n) is 6.05. The van der Waals surface area contributed by atoms with Crippen LogP contribution in [0.3, 0.4) is 0 Å². The maximum Gasteiger partial charge on any atom is 0.150 e. The van der Waals surface area contributed by atoms with Crippen molar-refractivity contribution in [2.75, 3.05) is 24.2 Å². The molecule has 0 atom stereocenters. The zero-order valence-corrected chi connectivity index (χ0v) is 11.4. The third-order valence-electron chi connectivity index (χ3n) is 2.51. The van der Waals surface area contributed by atoms with Crippen molar-refractivity contribution in [2.45, 2.75) is 6.42 Å². The summed E-state index contributed by atoms with van der Waals surface area (Å²) in [5.41, 5.74) is 5.56. The maximum absolute atomic E-state index is 12.7. The van der Waals surface area contributed by atoms with Crippen LogP contribution in [-0.2, 0) is 0 Å². The summed E-state index contributed by atoms with van der Waals surface area (Å²) in [4.78, 5) is 7.76. The van der Waals surface area contributed by atoms with Gasteiger partial charge in [0.1, 0.15) is 34.6 Å². The molecule has 1 aromatic heterocycles. The van der Waals surface area contributed by atoms with Crippen LogP contribution in [0.2, 0.25) is 5.02 Å². The smallest absolute Gasteiger partial charge is 0.150 e. The van der Waals surface area contributed by atoms with Gasteiger partial charge >= 0.3 is 0 Å². The normalized spacial score (nSPS) is 10.3. The number of hydrogen-bond donors (Lipinski definition) is 2. The number of rotatable bonds is 6. The number of anilines is 2. The van der Waals surface area contributed by atoms with Gasteiger partial charge in [-0.25, -0.2) is 14.4 Å². The summed E-state index contributed by atoms with van der Waals surface area (Å²) in [7, 11) is 0. The maximum atomic E-state index is 12.7. The molecule has 0 spiro atoms. The molecule has 106 valence electrons. The van der Waals surface area contributed by atoms with E-state index < -0.39 is 0 Å².